The Morgan fingerprint density at radius 3 is 1.20 bits per heavy atom. The normalized spacial score (nSPS) is 14.7. The van der Waals surface area contributed by atoms with Gasteiger partial charge in [0, 0.05) is 0 Å². The molecule has 0 aromatic heterocycles. The van der Waals surface area contributed by atoms with Crippen LogP contribution in [0.2, 0.25) is 0 Å². The molecule has 0 aromatic carbocycles. The van der Waals surface area contributed by atoms with E-state index in [1.54, 1.807) is 0 Å². The summed E-state index contributed by atoms with van der Waals surface area (Å²) in [5.74, 6) is 1.55. The third kappa shape index (κ3) is 22.6. The lowest BCUT2D eigenvalue weighted by Crippen LogP contribution is -2.10. The molecule has 1 N–H and O–H groups in total. The Balaban J connectivity index is 3.24. The third-order valence-electron chi connectivity index (χ3n) is 7.23. The van der Waals surface area contributed by atoms with E-state index in [1.807, 2.05) is 0 Å². The fourth-order valence-corrected chi connectivity index (χ4v) is 4.49. The Kier molecular flexibility index (Phi) is 23.6. The highest BCUT2D eigenvalue weighted by atomic mass is 16.3. The van der Waals surface area contributed by atoms with Crippen molar-refractivity contribution in [2.75, 3.05) is 0 Å². The Bertz CT molecular complexity index is 313. The molecule has 0 fully saturated rings. The highest BCUT2D eigenvalue weighted by Crippen LogP contribution is 2.20. The first-order chi connectivity index (χ1) is 14.6. The zero-order chi connectivity index (χ0) is 22.3. The number of hydrogen-bond acceptors (Lipinski definition) is 1. The molecule has 1 nitrogen and oxygen atoms in total. The molecule has 1 heteroatoms. The largest absolute Gasteiger partial charge is 0.393 e. The number of unbranched alkanes of at least 4 members (excludes halogenated alkanes) is 15. The highest BCUT2D eigenvalue weighted by molar-refractivity contribution is 4.63. The monoisotopic (exact) mass is 424 g/mol. The first-order valence-corrected chi connectivity index (χ1v) is 14.3. The van der Waals surface area contributed by atoms with Crippen molar-refractivity contribution in [2.45, 2.75) is 175 Å². The summed E-state index contributed by atoms with van der Waals surface area (Å²) in [6.07, 6.45) is 30.1. The Morgan fingerprint density at radius 2 is 0.800 bits per heavy atom. The van der Waals surface area contributed by atoms with Crippen LogP contribution in [0.4, 0.5) is 0 Å². The summed E-state index contributed by atoms with van der Waals surface area (Å²) in [5.41, 5.74) is 0. The molecule has 0 aliphatic carbocycles. The van der Waals surface area contributed by atoms with Gasteiger partial charge >= 0.3 is 0 Å². The minimum absolute atomic E-state index is 0.0627. The number of aliphatic hydroxyl groups is 1. The predicted octanol–water partition coefficient (Wildman–Crippen LogP) is 10.2. The molecule has 0 aliphatic heterocycles. The fourth-order valence-electron chi connectivity index (χ4n) is 4.49. The number of hydrogen-bond donors (Lipinski definition) is 1. The Hall–Kier alpha value is -0.0400. The molecule has 0 saturated carbocycles. The van der Waals surface area contributed by atoms with E-state index in [0.29, 0.717) is 0 Å². The van der Waals surface area contributed by atoms with E-state index < -0.39 is 0 Å². The van der Waals surface area contributed by atoms with Gasteiger partial charge in [-0.05, 0) is 37.5 Å². The zero-order valence-corrected chi connectivity index (χ0v) is 21.7. The van der Waals surface area contributed by atoms with Gasteiger partial charge in [0.2, 0.25) is 0 Å². The Labute approximate surface area is 192 Å². The molecule has 30 heavy (non-hydrogen) atoms. The lowest BCUT2D eigenvalue weighted by molar-refractivity contribution is 0.136. The lowest BCUT2D eigenvalue weighted by atomic mass is 9.93. The van der Waals surface area contributed by atoms with Crippen LogP contribution in [0.15, 0.2) is 0 Å². The minimum Gasteiger partial charge on any atom is -0.393 e. The van der Waals surface area contributed by atoms with Crippen LogP contribution >= 0.6 is 0 Å². The van der Waals surface area contributed by atoms with Crippen LogP contribution in [0.3, 0.4) is 0 Å². The standard InChI is InChI=1S/C29H60O/c1-5-7-8-9-10-11-12-13-14-15-16-17-18-19-20-21-22-28(4)24-26-29(30)25-23-27(3)6-2/h27-30H,5-26H2,1-4H3. The quantitative estimate of drug-likeness (QED) is 0.153. The number of rotatable bonds is 24. The van der Waals surface area contributed by atoms with Crippen LogP contribution in [0.25, 0.3) is 0 Å². The van der Waals surface area contributed by atoms with E-state index in [2.05, 4.69) is 27.7 Å². The van der Waals surface area contributed by atoms with E-state index in [4.69, 9.17) is 0 Å². The molecule has 0 rings (SSSR count). The predicted molar refractivity (Wildman–Crippen MR) is 137 cm³/mol. The van der Waals surface area contributed by atoms with E-state index >= 15 is 0 Å². The fraction of sp³-hybridized carbons (Fsp3) is 1.00. The summed E-state index contributed by atoms with van der Waals surface area (Å²) in [6, 6.07) is 0. The van der Waals surface area contributed by atoms with Gasteiger partial charge in [-0.25, -0.2) is 0 Å². The second kappa shape index (κ2) is 23.6. The molecule has 0 bridgehead atoms. The maximum absolute atomic E-state index is 10.2. The second-order valence-electron chi connectivity index (χ2n) is 10.5. The molecule has 0 aromatic rings. The topological polar surface area (TPSA) is 20.2 Å². The van der Waals surface area contributed by atoms with Crippen LogP contribution < -0.4 is 0 Å². The van der Waals surface area contributed by atoms with E-state index in [0.717, 1.165) is 24.7 Å². The van der Waals surface area contributed by atoms with Gasteiger partial charge in [0.05, 0.1) is 6.10 Å². The summed E-state index contributed by atoms with van der Waals surface area (Å²) < 4.78 is 0. The molecular formula is C29H60O. The first kappa shape index (κ1) is 30.0. The molecule has 0 heterocycles. The number of aliphatic hydroxyl groups excluding tert-OH is 1. The second-order valence-corrected chi connectivity index (χ2v) is 10.5. The van der Waals surface area contributed by atoms with Crippen LogP contribution in [0.5, 0.6) is 0 Å². The average molecular weight is 425 g/mol. The van der Waals surface area contributed by atoms with Crippen LogP contribution in [-0.4, -0.2) is 11.2 Å². The van der Waals surface area contributed by atoms with Crippen molar-refractivity contribution in [1.29, 1.82) is 0 Å². The maximum Gasteiger partial charge on any atom is 0.0540 e. The summed E-state index contributed by atoms with van der Waals surface area (Å²) in [4.78, 5) is 0. The van der Waals surface area contributed by atoms with Crippen molar-refractivity contribution in [3.8, 4) is 0 Å². The van der Waals surface area contributed by atoms with Gasteiger partial charge in [-0.15, -0.1) is 0 Å². The van der Waals surface area contributed by atoms with Crippen molar-refractivity contribution >= 4 is 0 Å². The first-order valence-electron chi connectivity index (χ1n) is 14.3. The van der Waals surface area contributed by atoms with E-state index in [9.17, 15) is 5.11 Å². The van der Waals surface area contributed by atoms with Gasteiger partial charge in [0.25, 0.3) is 0 Å². The molecule has 0 saturated heterocycles. The molecule has 0 amide bonds. The van der Waals surface area contributed by atoms with Gasteiger partial charge in [-0.1, -0.05) is 143 Å². The van der Waals surface area contributed by atoms with Gasteiger partial charge < -0.3 is 5.11 Å². The van der Waals surface area contributed by atoms with Crippen molar-refractivity contribution in [1.82, 2.24) is 0 Å². The van der Waals surface area contributed by atoms with E-state index in [-0.39, 0.29) is 6.10 Å². The van der Waals surface area contributed by atoms with Gasteiger partial charge in [0.15, 0.2) is 0 Å². The van der Waals surface area contributed by atoms with Gasteiger partial charge in [0.1, 0.15) is 0 Å². The molecular weight excluding hydrogens is 364 g/mol. The SMILES string of the molecule is CCCCCCCCCCCCCCCCCCC(C)CCC(O)CCC(C)CC. The van der Waals surface area contributed by atoms with Crippen molar-refractivity contribution in [2.24, 2.45) is 11.8 Å². The van der Waals surface area contributed by atoms with Gasteiger partial charge in [-0.2, -0.15) is 0 Å². The molecule has 0 aliphatic rings. The van der Waals surface area contributed by atoms with Crippen molar-refractivity contribution < 1.29 is 5.11 Å². The molecule has 182 valence electrons. The average Bonchev–Trinajstić information content (AvgIpc) is 2.75. The zero-order valence-electron chi connectivity index (χ0n) is 21.7. The van der Waals surface area contributed by atoms with Gasteiger partial charge in [-0.3, -0.25) is 0 Å². The smallest absolute Gasteiger partial charge is 0.0540 e. The van der Waals surface area contributed by atoms with Crippen LogP contribution in [-0.2, 0) is 0 Å². The van der Waals surface area contributed by atoms with Crippen molar-refractivity contribution in [3.63, 3.8) is 0 Å². The summed E-state index contributed by atoms with van der Waals surface area (Å²) in [7, 11) is 0. The summed E-state index contributed by atoms with van der Waals surface area (Å²) in [5, 5.41) is 10.2. The third-order valence-corrected chi connectivity index (χ3v) is 7.23. The summed E-state index contributed by atoms with van der Waals surface area (Å²) in [6.45, 7) is 9.22. The van der Waals surface area contributed by atoms with Crippen molar-refractivity contribution in [3.05, 3.63) is 0 Å². The van der Waals surface area contributed by atoms with Crippen LogP contribution in [0, 0.1) is 11.8 Å². The maximum atomic E-state index is 10.2. The van der Waals surface area contributed by atoms with Crippen LogP contribution in [0.1, 0.15) is 169 Å². The molecule has 0 radical (unpaired) electrons. The molecule has 3 unspecified atom stereocenters. The molecule has 3 atom stereocenters. The minimum atomic E-state index is -0.0627. The Morgan fingerprint density at radius 1 is 0.433 bits per heavy atom. The summed E-state index contributed by atoms with van der Waals surface area (Å²) >= 11 is 0. The van der Waals surface area contributed by atoms with E-state index in [1.165, 1.54) is 128 Å². The molecule has 0 spiro atoms. The highest BCUT2D eigenvalue weighted by Gasteiger charge is 2.09. The lowest BCUT2D eigenvalue weighted by Gasteiger charge is -2.16.